The lowest BCUT2D eigenvalue weighted by Gasteiger charge is -2.34. The van der Waals surface area contributed by atoms with E-state index in [1.165, 1.54) is 0 Å². The van der Waals surface area contributed by atoms with E-state index in [1.807, 2.05) is 12.1 Å². The molecule has 1 fully saturated rings. The minimum Gasteiger partial charge on any atom is -0.493 e. The van der Waals surface area contributed by atoms with Gasteiger partial charge in [0.15, 0.2) is 0 Å². The summed E-state index contributed by atoms with van der Waals surface area (Å²) in [6, 6.07) is 5.29. The van der Waals surface area contributed by atoms with Crippen LogP contribution in [0.1, 0.15) is 10.6 Å². The zero-order valence-electron chi connectivity index (χ0n) is 14.1. The van der Waals surface area contributed by atoms with Crippen LogP contribution in [0.25, 0.3) is 0 Å². The Labute approximate surface area is 156 Å². The first-order chi connectivity index (χ1) is 12.9. The number of nitrogens with one attached hydrogen (secondary N) is 1. The average Bonchev–Trinajstić information content (AvgIpc) is 3.30. The van der Waals surface area contributed by atoms with Crippen molar-refractivity contribution in [3.63, 3.8) is 0 Å². The van der Waals surface area contributed by atoms with Crippen LogP contribution in [0.2, 0.25) is 0 Å². The maximum Gasteiger partial charge on any atom is 0.445 e. The Morgan fingerprint density at radius 2 is 1.96 bits per heavy atom. The van der Waals surface area contributed by atoms with Crippen molar-refractivity contribution >= 4 is 28.2 Å². The molecule has 0 aliphatic carbocycles. The number of ether oxygens (including phenoxy) is 1. The number of hydrogen-bond acceptors (Lipinski definition) is 6. The van der Waals surface area contributed by atoms with Gasteiger partial charge in [0, 0.05) is 38.3 Å². The number of amides is 2. The maximum absolute atomic E-state index is 12.6. The predicted molar refractivity (Wildman–Crippen MR) is 93.4 cm³/mol. The second-order valence-electron chi connectivity index (χ2n) is 6.21. The molecule has 0 unspecified atom stereocenters. The number of nitrogens with zero attached hydrogens (tertiary/aromatic N) is 4. The summed E-state index contributed by atoms with van der Waals surface area (Å²) < 4.78 is 43.4. The third kappa shape index (κ3) is 3.77. The molecule has 1 aromatic carbocycles. The number of urea groups is 1. The standard InChI is InChI=1S/C16H16F3N5O2S/c17-16(18,19)13-21-22-15(27-13)24-6-4-23(5-7-24)14(25)20-11-1-2-12-10(9-11)3-8-26-12/h1-2,9H,3-8H2,(H,20,25). The van der Waals surface area contributed by atoms with Crippen LogP contribution in [0.4, 0.5) is 28.8 Å². The van der Waals surface area contributed by atoms with E-state index in [9.17, 15) is 18.0 Å². The molecule has 11 heteroatoms. The number of carbonyl (C=O) groups is 1. The van der Waals surface area contributed by atoms with Gasteiger partial charge in [-0.2, -0.15) is 13.2 Å². The van der Waals surface area contributed by atoms with Gasteiger partial charge in [0.05, 0.1) is 6.61 Å². The molecule has 144 valence electrons. The predicted octanol–water partition coefficient (Wildman–Crippen LogP) is 2.85. The number of anilines is 2. The Hall–Kier alpha value is -2.56. The van der Waals surface area contributed by atoms with E-state index in [0.29, 0.717) is 49.8 Å². The fourth-order valence-electron chi connectivity index (χ4n) is 3.03. The lowest BCUT2D eigenvalue weighted by atomic mass is 10.1. The normalized spacial score (nSPS) is 16.9. The topological polar surface area (TPSA) is 70.6 Å². The zero-order chi connectivity index (χ0) is 19.0. The number of halogens is 3. The minimum atomic E-state index is -4.49. The molecule has 1 aromatic heterocycles. The van der Waals surface area contributed by atoms with E-state index in [2.05, 4.69) is 15.5 Å². The first-order valence-electron chi connectivity index (χ1n) is 8.37. The summed E-state index contributed by atoms with van der Waals surface area (Å²) in [6.07, 6.45) is -3.67. The van der Waals surface area contributed by atoms with E-state index in [-0.39, 0.29) is 11.2 Å². The third-order valence-electron chi connectivity index (χ3n) is 4.43. The van der Waals surface area contributed by atoms with Crippen LogP contribution < -0.4 is 15.0 Å². The van der Waals surface area contributed by atoms with Gasteiger partial charge in [0.2, 0.25) is 10.1 Å². The fraction of sp³-hybridized carbons (Fsp3) is 0.438. The van der Waals surface area contributed by atoms with Gasteiger partial charge >= 0.3 is 12.2 Å². The van der Waals surface area contributed by atoms with Crippen molar-refractivity contribution in [2.75, 3.05) is 43.0 Å². The first kappa shape index (κ1) is 17.8. The van der Waals surface area contributed by atoms with E-state index in [1.54, 1.807) is 15.9 Å². The van der Waals surface area contributed by atoms with Gasteiger partial charge in [0.1, 0.15) is 5.75 Å². The van der Waals surface area contributed by atoms with Gasteiger partial charge in [-0.15, -0.1) is 10.2 Å². The van der Waals surface area contributed by atoms with Crippen molar-refractivity contribution in [2.45, 2.75) is 12.6 Å². The number of alkyl halides is 3. The number of piperazine rings is 1. The number of hydrogen-bond donors (Lipinski definition) is 1. The van der Waals surface area contributed by atoms with Crippen molar-refractivity contribution in [2.24, 2.45) is 0 Å². The average molecular weight is 399 g/mol. The molecule has 3 heterocycles. The van der Waals surface area contributed by atoms with E-state index >= 15 is 0 Å². The summed E-state index contributed by atoms with van der Waals surface area (Å²) >= 11 is 0.518. The largest absolute Gasteiger partial charge is 0.493 e. The molecule has 7 nitrogen and oxygen atoms in total. The zero-order valence-corrected chi connectivity index (χ0v) is 14.9. The summed E-state index contributed by atoms with van der Waals surface area (Å²) in [7, 11) is 0. The highest BCUT2D eigenvalue weighted by atomic mass is 32.1. The molecule has 1 N–H and O–H groups in total. The van der Waals surface area contributed by atoms with Crippen LogP contribution in [0, 0.1) is 0 Å². The van der Waals surface area contributed by atoms with Crippen molar-refractivity contribution in [3.05, 3.63) is 28.8 Å². The highest BCUT2D eigenvalue weighted by Crippen LogP contribution is 2.34. The van der Waals surface area contributed by atoms with Crippen LogP contribution >= 0.6 is 11.3 Å². The van der Waals surface area contributed by atoms with Crippen molar-refractivity contribution in [3.8, 4) is 5.75 Å². The SMILES string of the molecule is O=C(Nc1ccc2c(c1)CCO2)N1CCN(c2nnc(C(F)(F)F)s2)CC1. The molecule has 0 bridgehead atoms. The number of benzene rings is 1. The summed E-state index contributed by atoms with van der Waals surface area (Å²) in [5, 5.41) is 8.94. The van der Waals surface area contributed by atoms with Gasteiger partial charge < -0.3 is 19.9 Å². The fourth-order valence-corrected chi connectivity index (χ4v) is 3.79. The summed E-state index contributed by atoms with van der Waals surface area (Å²) in [4.78, 5) is 15.8. The number of fused-ring (bicyclic) bond motifs is 1. The molecule has 2 aliphatic rings. The summed E-state index contributed by atoms with van der Waals surface area (Å²) in [6.45, 7) is 2.23. The highest BCUT2D eigenvalue weighted by molar-refractivity contribution is 7.15. The molecule has 27 heavy (non-hydrogen) atoms. The van der Waals surface area contributed by atoms with Crippen LogP contribution in [0.5, 0.6) is 5.75 Å². The van der Waals surface area contributed by atoms with Gasteiger partial charge in [0.25, 0.3) is 0 Å². The van der Waals surface area contributed by atoms with Gasteiger partial charge in [-0.05, 0) is 23.8 Å². The molecule has 0 radical (unpaired) electrons. The Balaban J connectivity index is 1.33. The molecule has 0 atom stereocenters. The molecule has 2 amide bonds. The first-order valence-corrected chi connectivity index (χ1v) is 9.19. The molecular weight excluding hydrogens is 383 g/mol. The second-order valence-corrected chi connectivity index (χ2v) is 7.17. The van der Waals surface area contributed by atoms with Crippen LogP contribution in [-0.4, -0.2) is 53.9 Å². The van der Waals surface area contributed by atoms with Crippen LogP contribution in [0.3, 0.4) is 0 Å². The van der Waals surface area contributed by atoms with Gasteiger partial charge in [-0.25, -0.2) is 4.79 Å². The minimum absolute atomic E-state index is 0.223. The molecule has 0 spiro atoms. The Morgan fingerprint density at radius 1 is 1.19 bits per heavy atom. The summed E-state index contributed by atoms with van der Waals surface area (Å²) in [5.74, 6) is 0.844. The molecule has 2 aliphatic heterocycles. The Bertz CT molecular complexity index is 849. The second kappa shape index (κ2) is 6.87. The number of aromatic nitrogens is 2. The van der Waals surface area contributed by atoms with Crippen molar-refractivity contribution in [1.29, 1.82) is 0 Å². The van der Waals surface area contributed by atoms with E-state index in [0.717, 1.165) is 17.7 Å². The maximum atomic E-state index is 12.6. The quantitative estimate of drug-likeness (QED) is 0.841. The number of carbonyl (C=O) groups excluding carboxylic acids is 1. The molecule has 1 saturated heterocycles. The molecule has 4 rings (SSSR count). The monoisotopic (exact) mass is 399 g/mol. The summed E-state index contributed by atoms with van der Waals surface area (Å²) in [5.41, 5.74) is 1.76. The smallest absolute Gasteiger partial charge is 0.445 e. The van der Waals surface area contributed by atoms with Crippen molar-refractivity contribution in [1.82, 2.24) is 15.1 Å². The lowest BCUT2D eigenvalue weighted by Crippen LogP contribution is -2.50. The molecular formula is C16H16F3N5O2S. The lowest BCUT2D eigenvalue weighted by molar-refractivity contribution is -0.138. The van der Waals surface area contributed by atoms with Crippen molar-refractivity contribution < 1.29 is 22.7 Å². The third-order valence-corrected chi connectivity index (χ3v) is 5.46. The van der Waals surface area contributed by atoms with Gasteiger partial charge in [-0.1, -0.05) is 11.3 Å². The molecule has 0 saturated carbocycles. The van der Waals surface area contributed by atoms with Crippen LogP contribution in [0.15, 0.2) is 18.2 Å². The van der Waals surface area contributed by atoms with E-state index < -0.39 is 11.2 Å². The number of rotatable bonds is 2. The Kier molecular flexibility index (Phi) is 4.54. The molecule has 2 aromatic rings. The van der Waals surface area contributed by atoms with E-state index in [4.69, 9.17) is 4.74 Å². The van der Waals surface area contributed by atoms with Gasteiger partial charge in [-0.3, -0.25) is 0 Å². The Morgan fingerprint density at radius 3 is 2.67 bits per heavy atom. The highest BCUT2D eigenvalue weighted by Gasteiger charge is 2.36. The van der Waals surface area contributed by atoms with Crippen LogP contribution in [-0.2, 0) is 12.6 Å².